The average Bonchev–Trinajstić information content (AvgIpc) is 2.87. The van der Waals surface area contributed by atoms with E-state index in [1.54, 1.807) is 36.4 Å². The molecule has 0 fully saturated rings. The van der Waals surface area contributed by atoms with Gasteiger partial charge >= 0.3 is 0 Å². The van der Waals surface area contributed by atoms with Gasteiger partial charge in [-0.2, -0.15) is 0 Å². The molecule has 0 saturated heterocycles. The Hall–Kier alpha value is -6.18. The van der Waals surface area contributed by atoms with E-state index < -0.39 is 0 Å². The summed E-state index contributed by atoms with van der Waals surface area (Å²) in [5.74, 6) is 1.25. The number of rotatable bonds is 6. The van der Waals surface area contributed by atoms with Crippen LogP contribution in [0.25, 0.3) is 32.3 Å². The highest BCUT2D eigenvalue weighted by Crippen LogP contribution is 2.46. The smallest absolute Gasteiger partial charge is 0.184 e. The van der Waals surface area contributed by atoms with Crippen molar-refractivity contribution in [2.75, 3.05) is 0 Å². The Morgan fingerprint density at radius 3 is 0.556 bits per heavy atom. The first-order valence-electron chi connectivity index (χ1n) is 9.90. The van der Waals surface area contributed by atoms with E-state index in [2.05, 4.69) is 36.6 Å². The molecule has 0 bridgehead atoms. The van der Waals surface area contributed by atoms with Gasteiger partial charge in [-0.1, -0.05) is 38.5 Å². The second-order valence-electron chi connectivity index (χ2n) is 6.85. The quantitative estimate of drug-likeness (QED) is 0.295. The Morgan fingerprint density at radius 2 is 0.444 bits per heavy atom. The average molecular weight is 468 g/mol. The normalized spacial score (nSPS) is 9.50. The molecule has 0 saturated carbocycles. The summed E-state index contributed by atoms with van der Waals surface area (Å²) in [4.78, 5) is 0. The summed E-state index contributed by atoms with van der Waals surface area (Å²) in [5.41, 5.74) is 0. The van der Waals surface area contributed by atoms with Gasteiger partial charge in [-0.3, -0.25) is 0 Å². The van der Waals surface area contributed by atoms with Gasteiger partial charge in [0.05, 0.1) is 0 Å². The number of benzene rings is 4. The highest BCUT2D eigenvalue weighted by Gasteiger charge is 2.20. The SMILES string of the molecule is C#COc1cc2c3cc(OC#C)c(OC#C)cc3c3cc(OC#C)c(OC#C)cc3c2cc1OC#C. The molecule has 0 spiro atoms. The van der Waals surface area contributed by atoms with Gasteiger partial charge in [0.15, 0.2) is 34.5 Å². The van der Waals surface area contributed by atoms with Gasteiger partial charge in [-0.05, 0) is 68.7 Å². The van der Waals surface area contributed by atoms with Crippen LogP contribution in [0.3, 0.4) is 0 Å². The highest BCUT2D eigenvalue weighted by atomic mass is 16.5. The van der Waals surface area contributed by atoms with Crippen molar-refractivity contribution in [3.05, 3.63) is 36.4 Å². The largest absolute Gasteiger partial charge is 0.404 e. The van der Waals surface area contributed by atoms with Crippen molar-refractivity contribution in [3.8, 4) is 110 Å². The fourth-order valence-corrected chi connectivity index (χ4v) is 3.88. The number of ether oxygens (including phenoxy) is 6. The van der Waals surface area contributed by atoms with Crippen LogP contribution in [-0.4, -0.2) is 0 Å². The summed E-state index contributed by atoms with van der Waals surface area (Å²) in [6.07, 6.45) is 44.9. The van der Waals surface area contributed by atoms with Crippen molar-refractivity contribution in [2.24, 2.45) is 0 Å². The second-order valence-corrected chi connectivity index (χ2v) is 6.85. The standard InChI is InChI=1S/C30H12O6/c1-7-31-25-13-19-20(14-26(25)32-8-2)22-16-28(34-10-4)30(36-12-6)18-24(22)23-17-29(35-11-5)27(33-9-3)15-21(19)23/h1-6,13-18H. The van der Waals surface area contributed by atoms with E-state index in [1.165, 1.54) is 0 Å². The summed E-state index contributed by atoms with van der Waals surface area (Å²) < 4.78 is 31.9. The first-order valence-corrected chi connectivity index (χ1v) is 9.90. The molecule has 0 N–H and O–H groups in total. The zero-order chi connectivity index (χ0) is 25.7. The Bertz CT molecular complexity index is 1430. The molecule has 4 aromatic rings. The second kappa shape index (κ2) is 9.75. The van der Waals surface area contributed by atoms with Crippen LogP contribution in [0.2, 0.25) is 0 Å². The Balaban J connectivity index is 2.28. The zero-order valence-electron chi connectivity index (χ0n) is 18.4. The number of terminal acetylenes is 6. The van der Waals surface area contributed by atoms with Crippen LogP contribution < -0.4 is 28.4 Å². The lowest BCUT2D eigenvalue weighted by atomic mass is 9.93. The van der Waals surface area contributed by atoms with Crippen LogP contribution in [0.4, 0.5) is 0 Å². The van der Waals surface area contributed by atoms with Crippen LogP contribution in [0.1, 0.15) is 0 Å². The summed E-state index contributed by atoms with van der Waals surface area (Å²) in [5, 5.41) is 3.99. The van der Waals surface area contributed by atoms with Crippen molar-refractivity contribution in [1.82, 2.24) is 0 Å². The van der Waals surface area contributed by atoms with Gasteiger partial charge in [-0.15, -0.1) is 0 Å². The van der Waals surface area contributed by atoms with Gasteiger partial charge in [0.2, 0.25) is 0 Å². The maximum atomic E-state index is 5.37. The lowest BCUT2D eigenvalue weighted by Crippen LogP contribution is -1.95. The Morgan fingerprint density at radius 1 is 0.306 bits per heavy atom. The molecule has 0 aliphatic heterocycles. The lowest BCUT2D eigenvalue weighted by Gasteiger charge is -2.16. The molecule has 0 unspecified atom stereocenters. The van der Waals surface area contributed by atoms with Crippen LogP contribution in [-0.2, 0) is 0 Å². The first kappa shape index (κ1) is 23.0. The van der Waals surface area contributed by atoms with E-state index >= 15 is 0 Å². The summed E-state index contributed by atoms with van der Waals surface area (Å²) in [7, 11) is 0. The minimum absolute atomic E-state index is 0.208. The molecule has 168 valence electrons. The van der Waals surface area contributed by atoms with Crippen LogP contribution in [0.5, 0.6) is 34.5 Å². The summed E-state index contributed by atoms with van der Waals surface area (Å²) in [6, 6.07) is 9.99. The number of hydrogen-bond acceptors (Lipinski definition) is 6. The highest BCUT2D eigenvalue weighted by molar-refractivity contribution is 6.26. The topological polar surface area (TPSA) is 55.4 Å². The Kier molecular flexibility index (Phi) is 6.23. The van der Waals surface area contributed by atoms with Crippen molar-refractivity contribution in [3.63, 3.8) is 0 Å². The van der Waals surface area contributed by atoms with Crippen molar-refractivity contribution in [1.29, 1.82) is 0 Å². The fraction of sp³-hybridized carbons (Fsp3) is 0. The fourth-order valence-electron chi connectivity index (χ4n) is 3.88. The van der Waals surface area contributed by atoms with Crippen LogP contribution in [0, 0.1) is 75.2 Å². The third-order valence-corrected chi connectivity index (χ3v) is 5.14. The van der Waals surface area contributed by atoms with Crippen LogP contribution in [0.15, 0.2) is 36.4 Å². The molecular weight excluding hydrogens is 456 g/mol. The van der Waals surface area contributed by atoms with Gasteiger partial charge in [0, 0.05) is 0 Å². The number of fused-ring (bicyclic) bond motifs is 6. The third kappa shape index (κ3) is 3.88. The van der Waals surface area contributed by atoms with Crippen molar-refractivity contribution < 1.29 is 28.4 Å². The maximum Gasteiger partial charge on any atom is 0.184 e. The maximum absolute atomic E-state index is 5.37. The molecule has 0 atom stereocenters. The van der Waals surface area contributed by atoms with Gasteiger partial charge in [0.1, 0.15) is 36.6 Å². The van der Waals surface area contributed by atoms with Gasteiger partial charge < -0.3 is 28.4 Å². The van der Waals surface area contributed by atoms with Crippen molar-refractivity contribution in [2.45, 2.75) is 0 Å². The number of hydrogen-bond donors (Lipinski definition) is 0. The van der Waals surface area contributed by atoms with E-state index in [-0.39, 0.29) is 34.5 Å². The minimum atomic E-state index is 0.208. The van der Waals surface area contributed by atoms with E-state index in [1.807, 2.05) is 0 Å². The molecule has 6 heteroatoms. The molecule has 4 rings (SSSR count). The molecular formula is C30H12O6. The molecule has 0 radical (unpaired) electrons. The van der Waals surface area contributed by atoms with E-state index in [4.69, 9.17) is 67.0 Å². The van der Waals surface area contributed by atoms with Gasteiger partial charge in [-0.25, -0.2) is 0 Å². The first-order chi connectivity index (χ1) is 17.6. The summed E-state index contributed by atoms with van der Waals surface area (Å²) >= 11 is 0. The predicted octanol–water partition coefficient (Wildman–Crippen LogP) is 4.96. The minimum Gasteiger partial charge on any atom is -0.404 e. The van der Waals surface area contributed by atoms with Crippen LogP contribution >= 0.6 is 0 Å². The van der Waals surface area contributed by atoms with Crippen molar-refractivity contribution >= 4 is 32.3 Å². The molecule has 0 aromatic heterocycles. The third-order valence-electron chi connectivity index (χ3n) is 5.14. The molecule has 36 heavy (non-hydrogen) atoms. The molecule has 0 aliphatic rings. The molecule has 0 amide bonds. The van der Waals surface area contributed by atoms with E-state index in [9.17, 15) is 0 Å². The lowest BCUT2D eigenvalue weighted by molar-refractivity contribution is 0.453. The van der Waals surface area contributed by atoms with E-state index in [0.717, 1.165) is 0 Å². The monoisotopic (exact) mass is 468 g/mol. The zero-order valence-corrected chi connectivity index (χ0v) is 18.4. The van der Waals surface area contributed by atoms with E-state index in [0.29, 0.717) is 32.3 Å². The molecule has 4 aromatic carbocycles. The molecule has 0 aliphatic carbocycles. The molecule has 6 nitrogen and oxygen atoms in total. The summed E-state index contributed by atoms with van der Waals surface area (Å²) in [6.45, 7) is 0. The molecule has 0 heterocycles. The Labute approximate surface area is 207 Å². The predicted molar refractivity (Wildman–Crippen MR) is 136 cm³/mol. The van der Waals surface area contributed by atoms with Gasteiger partial charge in [0.25, 0.3) is 0 Å².